The van der Waals surface area contributed by atoms with E-state index in [0.717, 1.165) is 24.2 Å². The zero-order chi connectivity index (χ0) is 9.97. The molecular formula is C11H11NO2. The Hall–Kier alpha value is -1.69. The molecule has 0 atom stereocenters. The summed E-state index contributed by atoms with van der Waals surface area (Å²) in [7, 11) is 0. The van der Waals surface area contributed by atoms with Gasteiger partial charge in [0.2, 0.25) is 6.79 Å². The van der Waals surface area contributed by atoms with Crippen molar-refractivity contribution in [3.8, 4) is 17.6 Å². The maximum Gasteiger partial charge on any atom is 0.231 e. The number of rotatable bonds is 2. The van der Waals surface area contributed by atoms with Crippen LogP contribution < -0.4 is 9.47 Å². The number of hydrogen-bond acceptors (Lipinski definition) is 3. The number of aryl methyl sites for hydroxylation is 1. The SMILES string of the molecule is CCCc1cc2c(cc1C#N)OCO2. The lowest BCUT2D eigenvalue weighted by Crippen LogP contribution is -1.92. The fourth-order valence-corrected chi connectivity index (χ4v) is 1.56. The highest BCUT2D eigenvalue weighted by Gasteiger charge is 2.16. The molecule has 1 aromatic rings. The van der Waals surface area contributed by atoms with Gasteiger partial charge in [-0.15, -0.1) is 0 Å². The van der Waals surface area contributed by atoms with Crippen LogP contribution in [-0.4, -0.2) is 6.79 Å². The molecular weight excluding hydrogens is 178 g/mol. The van der Waals surface area contributed by atoms with E-state index in [9.17, 15) is 0 Å². The van der Waals surface area contributed by atoms with Crippen LogP contribution in [0.25, 0.3) is 0 Å². The zero-order valence-corrected chi connectivity index (χ0v) is 8.04. The molecule has 0 saturated heterocycles. The average molecular weight is 189 g/mol. The highest BCUT2D eigenvalue weighted by atomic mass is 16.7. The molecule has 0 radical (unpaired) electrons. The Bertz CT molecular complexity index is 393. The number of nitriles is 1. The molecule has 0 aliphatic carbocycles. The summed E-state index contributed by atoms with van der Waals surface area (Å²) >= 11 is 0. The molecule has 1 aliphatic heterocycles. The van der Waals surface area contributed by atoms with Gasteiger partial charge >= 0.3 is 0 Å². The van der Waals surface area contributed by atoms with Crippen molar-refractivity contribution in [1.82, 2.24) is 0 Å². The summed E-state index contributed by atoms with van der Waals surface area (Å²) in [5.74, 6) is 1.44. The highest BCUT2D eigenvalue weighted by Crippen LogP contribution is 2.34. The molecule has 3 heteroatoms. The van der Waals surface area contributed by atoms with E-state index in [1.54, 1.807) is 6.07 Å². The van der Waals surface area contributed by atoms with E-state index in [0.29, 0.717) is 11.3 Å². The lowest BCUT2D eigenvalue weighted by Gasteiger charge is -2.03. The van der Waals surface area contributed by atoms with Crippen LogP contribution in [0.2, 0.25) is 0 Å². The second kappa shape index (κ2) is 3.59. The number of fused-ring (bicyclic) bond motifs is 1. The second-order valence-electron chi connectivity index (χ2n) is 3.22. The van der Waals surface area contributed by atoms with Crippen LogP contribution in [0, 0.1) is 11.3 Å². The molecule has 14 heavy (non-hydrogen) atoms. The van der Waals surface area contributed by atoms with Crippen molar-refractivity contribution in [2.24, 2.45) is 0 Å². The minimum atomic E-state index is 0.260. The van der Waals surface area contributed by atoms with Gasteiger partial charge in [0.15, 0.2) is 11.5 Å². The largest absolute Gasteiger partial charge is 0.454 e. The number of ether oxygens (including phenoxy) is 2. The van der Waals surface area contributed by atoms with Crippen LogP contribution in [0.5, 0.6) is 11.5 Å². The Labute approximate surface area is 82.9 Å². The Morgan fingerprint density at radius 2 is 2.07 bits per heavy atom. The summed E-state index contributed by atoms with van der Waals surface area (Å²) < 4.78 is 10.5. The molecule has 1 aromatic carbocycles. The topological polar surface area (TPSA) is 42.2 Å². The predicted octanol–water partition coefficient (Wildman–Crippen LogP) is 2.24. The first-order chi connectivity index (χ1) is 6.85. The van der Waals surface area contributed by atoms with Gasteiger partial charge in [-0.1, -0.05) is 13.3 Å². The van der Waals surface area contributed by atoms with Crippen molar-refractivity contribution in [2.75, 3.05) is 6.79 Å². The molecule has 72 valence electrons. The first-order valence-corrected chi connectivity index (χ1v) is 4.67. The van der Waals surface area contributed by atoms with Crippen LogP contribution in [0.3, 0.4) is 0 Å². The summed E-state index contributed by atoms with van der Waals surface area (Å²) in [6.45, 7) is 2.35. The van der Waals surface area contributed by atoms with Crippen molar-refractivity contribution in [3.05, 3.63) is 23.3 Å². The molecule has 0 unspecified atom stereocenters. The van der Waals surface area contributed by atoms with Crippen LogP contribution in [-0.2, 0) is 6.42 Å². The van der Waals surface area contributed by atoms with E-state index < -0.39 is 0 Å². The highest BCUT2D eigenvalue weighted by molar-refractivity contribution is 5.52. The van der Waals surface area contributed by atoms with Crippen molar-refractivity contribution in [2.45, 2.75) is 19.8 Å². The summed E-state index contributed by atoms with van der Waals surface area (Å²) in [4.78, 5) is 0. The van der Waals surface area contributed by atoms with Gasteiger partial charge in [-0.2, -0.15) is 5.26 Å². The fourth-order valence-electron chi connectivity index (χ4n) is 1.56. The summed E-state index contributed by atoms with van der Waals surface area (Å²) in [5, 5.41) is 8.93. The van der Waals surface area contributed by atoms with Gasteiger partial charge in [0.25, 0.3) is 0 Å². The third kappa shape index (κ3) is 1.39. The molecule has 0 aromatic heterocycles. The van der Waals surface area contributed by atoms with Crippen molar-refractivity contribution < 1.29 is 9.47 Å². The summed E-state index contributed by atoms with van der Waals surface area (Å²) in [5.41, 5.74) is 1.73. The lowest BCUT2D eigenvalue weighted by molar-refractivity contribution is 0.174. The van der Waals surface area contributed by atoms with E-state index in [1.807, 2.05) is 6.07 Å². The van der Waals surface area contributed by atoms with Crippen molar-refractivity contribution in [3.63, 3.8) is 0 Å². The Balaban J connectivity index is 2.45. The van der Waals surface area contributed by atoms with Gasteiger partial charge in [0, 0.05) is 6.07 Å². The summed E-state index contributed by atoms with van der Waals surface area (Å²) in [6.07, 6.45) is 1.92. The molecule has 2 rings (SSSR count). The minimum Gasteiger partial charge on any atom is -0.454 e. The number of benzene rings is 1. The van der Waals surface area contributed by atoms with Gasteiger partial charge in [0.1, 0.15) is 0 Å². The average Bonchev–Trinajstić information content (AvgIpc) is 2.64. The molecule has 1 aliphatic rings. The summed E-state index contributed by atoms with van der Waals surface area (Å²) in [6, 6.07) is 5.84. The molecule has 0 amide bonds. The Morgan fingerprint density at radius 3 is 2.71 bits per heavy atom. The second-order valence-corrected chi connectivity index (χ2v) is 3.22. The van der Waals surface area contributed by atoms with E-state index in [4.69, 9.17) is 14.7 Å². The molecule has 0 N–H and O–H groups in total. The molecule has 0 fully saturated rings. The van der Waals surface area contributed by atoms with Gasteiger partial charge in [-0.3, -0.25) is 0 Å². The maximum absolute atomic E-state index is 8.93. The zero-order valence-electron chi connectivity index (χ0n) is 8.04. The standard InChI is InChI=1S/C11H11NO2/c1-2-3-8-4-10-11(14-7-13-10)5-9(8)6-12/h4-5H,2-3,7H2,1H3. The Morgan fingerprint density at radius 1 is 1.36 bits per heavy atom. The van der Waals surface area contributed by atoms with Crippen molar-refractivity contribution >= 4 is 0 Å². The van der Waals surface area contributed by atoms with Gasteiger partial charge in [0.05, 0.1) is 11.6 Å². The Kier molecular flexibility index (Phi) is 2.28. The van der Waals surface area contributed by atoms with E-state index >= 15 is 0 Å². The van der Waals surface area contributed by atoms with Crippen LogP contribution in [0.15, 0.2) is 12.1 Å². The third-order valence-electron chi connectivity index (χ3n) is 2.24. The fraction of sp³-hybridized carbons (Fsp3) is 0.364. The first kappa shape index (κ1) is 8.89. The molecule has 0 spiro atoms. The molecule has 1 heterocycles. The lowest BCUT2D eigenvalue weighted by atomic mass is 10.0. The third-order valence-corrected chi connectivity index (χ3v) is 2.24. The normalized spacial score (nSPS) is 12.6. The molecule has 3 nitrogen and oxygen atoms in total. The number of hydrogen-bond donors (Lipinski definition) is 0. The van der Waals surface area contributed by atoms with E-state index in [1.165, 1.54) is 0 Å². The van der Waals surface area contributed by atoms with Gasteiger partial charge in [-0.05, 0) is 18.1 Å². The monoisotopic (exact) mass is 189 g/mol. The van der Waals surface area contributed by atoms with Crippen LogP contribution in [0.1, 0.15) is 24.5 Å². The van der Waals surface area contributed by atoms with Crippen LogP contribution in [0.4, 0.5) is 0 Å². The molecule has 0 bridgehead atoms. The minimum absolute atomic E-state index is 0.260. The van der Waals surface area contributed by atoms with Gasteiger partial charge < -0.3 is 9.47 Å². The smallest absolute Gasteiger partial charge is 0.231 e. The predicted molar refractivity (Wildman–Crippen MR) is 51.3 cm³/mol. The number of nitrogens with zero attached hydrogens (tertiary/aromatic N) is 1. The van der Waals surface area contributed by atoms with E-state index in [2.05, 4.69) is 13.0 Å². The van der Waals surface area contributed by atoms with E-state index in [-0.39, 0.29) is 6.79 Å². The van der Waals surface area contributed by atoms with Gasteiger partial charge in [-0.25, -0.2) is 0 Å². The first-order valence-electron chi connectivity index (χ1n) is 4.67. The quantitative estimate of drug-likeness (QED) is 0.716. The molecule has 0 saturated carbocycles. The van der Waals surface area contributed by atoms with Crippen LogP contribution >= 0.6 is 0 Å². The maximum atomic E-state index is 8.93. The van der Waals surface area contributed by atoms with Crippen molar-refractivity contribution in [1.29, 1.82) is 5.26 Å².